The van der Waals surface area contributed by atoms with Crippen LogP contribution in [0, 0.1) is 13.8 Å². The van der Waals surface area contributed by atoms with Gasteiger partial charge in [0.05, 0.1) is 6.54 Å². The molecule has 2 heterocycles. The third-order valence-corrected chi connectivity index (χ3v) is 7.05. The number of hydrogen-bond donors (Lipinski definition) is 2. The lowest BCUT2D eigenvalue weighted by molar-refractivity contribution is -0.0621. The molecule has 0 bridgehead atoms. The van der Waals surface area contributed by atoms with Crippen molar-refractivity contribution in [1.82, 2.24) is 15.1 Å². The van der Waals surface area contributed by atoms with Crippen molar-refractivity contribution in [2.75, 3.05) is 45.9 Å². The number of ether oxygens (including phenoxy) is 2. The molecular weight excluding hydrogens is 454 g/mol. The van der Waals surface area contributed by atoms with E-state index in [0.717, 1.165) is 60.1 Å². The van der Waals surface area contributed by atoms with Gasteiger partial charge in [0.25, 0.3) is 0 Å². The van der Waals surface area contributed by atoms with E-state index >= 15 is 0 Å². The molecule has 34 heavy (non-hydrogen) atoms. The molecule has 0 radical (unpaired) electrons. The zero-order valence-corrected chi connectivity index (χ0v) is 20.7. The van der Waals surface area contributed by atoms with Crippen molar-refractivity contribution in [2.24, 2.45) is 0 Å². The number of urea groups is 1. The number of halogens is 1. The Labute approximate surface area is 206 Å². The molecule has 184 valence electrons. The molecule has 0 saturated carbocycles. The van der Waals surface area contributed by atoms with E-state index in [2.05, 4.69) is 22.3 Å². The Bertz CT molecular complexity index is 977. The first-order chi connectivity index (χ1) is 16.3. The fourth-order valence-electron chi connectivity index (χ4n) is 4.61. The number of benzene rings is 2. The van der Waals surface area contributed by atoms with Crippen LogP contribution in [0.3, 0.4) is 0 Å². The Morgan fingerprint density at radius 3 is 2.50 bits per heavy atom. The molecule has 7 nitrogen and oxygen atoms in total. The van der Waals surface area contributed by atoms with Crippen molar-refractivity contribution >= 4 is 17.6 Å². The number of β-amino-alcohol motifs (C(OH)–C–C–N with tert-alkyl or cyclic N) is 1. The first-order valence-corrected chi connectivity index (χ1v) is 12.3. The lowest BCUT2D eigenvalue weighted by atomic mass is 9.93. The molecule has 0 aliphatic carbocycles. The number of nitrogens with one attached hydrogen (secondary N) is 1. The minimum Gasteiger partial charge on any atom is -0.492 e. The molecule has 2 aliphatic heterocycles. The Morgan fingerprint density at radius 2 is 1.82 bits per heavy atom. The summed E-state index contributed by atoms with van der Waals surface area (Å²) < 4.78 is 11.8. The van der Waals surface area contributed by atoms with Crippen molar-refractivity contribution in [3.05, 3.63) is 58.1 Å². The molecule has 0 aromatic heterocycles. The molecule has 8 heteroatoms. The van der Waals surface area contributed by atoms with E-state index < -0.39 is 5.60 Å². The summed E-state index contributed by atoms with van der Waals surface area (Å²) in [5, 5.41) is 14.7. The van der Waals surface area contributed by atoms with Gasteiger partial charge in [-0.15, -0.1) is 0 Å². The SMILES string of the molecule is Cc1cc(OCC2(O)CCCN(Cc3ccc(OCCN4CCNC4=O)cc3)C2)cc(C)c1Cl. The molecule has 4 rings (SSSR count). The van der Waals surface area contributed by atoms with Crippen LogP contribution in [0.4, 0.5) is 4.79 Å². The Kier molecular flexibility index (Phi) is 7.86. The van der Waals surface area contributed by atoms with Crippen molar-refractivity contribution in [1.29, 1.82) is 0 Å². The van der Waals surface area contributed by atoms with Crippen LogP contribution in [0.15, 0.2) is 36.4 Å². The molecule has 2 aromatic carbocycles. The monoisotopic (exact) mass is 487 g/mol. The van der Waals surface area contributed by atoms with Gasteiger partial charge in [0.15, 0.2) is 0 Å². The van der Waals surface area contributed by atoms with Gasteiger partial charge in [0.1, 0.15) is 30.3 Å². The molecule has 1 atom stereocenters. The van der Waals surface area contributed by atoms with Gasteiger partial charge in [-0.25, -0.2) is 4.79 Å². The number of rotatable bonds is 9. The zero-order valence-electron chi connectivity index (χ0n) is 20.0. The van der Waals surface area contributed by atoms with Crippen LogP contribution >= 0.6 is 11.6 Å². The maximum atomic E-state index is 11.6. The number of aryl methyl sites for hydroxylation is 2. The highest BCUT2D eigenvalue weighted by atomic mass is 35.5. The minimum atomic E-state index is -0.884. The van der Waals surface area contributed by atoms with Crippen molar-refractivity contribution in [3.8, 4) is 11.5 Å². The number of carbonyl (C=O) groups is 1. The summed E-state index contributed by atoms with van der Waals surface area (Å²) in [5.74, 6) is 1.53. The first kappa shape index (κ1) is 24.6. The standard InChI is InChI=1S/C26H34ClN3O4/c1-19-14-23(15-20(2)24(19)27)34-18-26(32)8-3-10-29(17-26)16-21-4-6-22(7-5-21)33-13-12-30-11-9-28-25(30)31/h4-7,14-15,32H,3,8-13,16-18H2,1-2H3,(H,28,31). The summed E-state index contributed by atoms with van der Waals surface area (Å²) in [4.78, 5) is 15.6. The van der Waals surface area contributed by atoms with Crippen molar-refractivity contribution in [3.63, 3.8) is 0 Å². The topological polar surface area (TPSA) is 74.3 Å². The minimum absolute atomic E-state index is 0.0239. The number of carbonyl (C=O) groups excluding carboxylic acids is 1. The van der Waals surface area contributed by atoms with Crippen LogP contribution in [0.1, 0.15) is 29.5 Å². The third kappa shape index (κ3) is 6.34. The summed E-state index contributed by atoms with van der Waals surface area (Å²) in [6.07, 6.45) is 1.64. The second-order valence-electron chi connectivity index (χ2n) is 9.41. The third-order valence-electron chi connectivity index (χ3n) is 6.46. The van der Waals surface area contributed by atoms with E-state index in [9.17, 15) is 9.90 Å². The highest BCUT2D eigenvalue weighted by molar-refractivity contribution is 6.32. The van der Waals surface area contributed by atoms with E-state index in [4.69, 9.17) is 21.1 Å². The maximum absolute atomic E-state index is 11.6. The number of likely N-dealkylation sites (tertiary alicyclic amines) is 1. The smallest absolute Gasteiger partial charge is 0.317 e. The first-order valence-electron chi connectivity index (χ1n) is 11.9. The fraction of sp³-hybridized carbons (Fsp3) is 0.500. The van der Waals surface area contributed by atoms with Gasteiger partial charge in [-0.05, 0) is 74.2 Å². The summed E-state index contributed by atoms with van der Waals surface area (Å²) in [6, 6.07) is 11.9. The van der Waals surface area contributed by atoms with E-state index in [-0.39, 0.29) is 12.6 Å². The Balaban J connectivity index is 1.25. The highest BCUT2D eigenvalue weighted by Gasteiger charge is 2.34. The average molecular weight is 488 g/mol. The molecule has 2 amide bonds. The molecule has 2 fully saturated rings. The highest BCUT2D eigenvalue weighted by Crippen LogP contribution is 2.28. The molecule has 2 N–H and O–H groups in total. The Hall–Kier alpha value is -2.48. The van der Waals surface area contributed by atoms with Gasteiger partial charge in [0.2, 0.25) is 0 Å². The van der Waals surface area contributed by atoms with Gasteiger partial charge in [-0.3, -0.25) is 4.90 Å². The summed E-state index contributed by atoms with van der Waals surface area (Å²) in [5.41, 5.74) is 2.23. The molecule has 0 spiro atoms. The zero-order chi connectivity index (χ0) is 24.1. The quantitative estimate of drug-likeness (QED) is 0.563. The van der Waals surface area contributed by atoms with Crippen molar-refractivity contribution in [2.45, 2.75) is 38.8 Å². The second-order valence-corrected chi connectivity index (χ2v) is 9.79. The average Bonchev–Trinajstić information content (AvgIpc) is 3.22. The molecule has 2 saturated heterocycles. The number of nitrogens with zero attached hydrogens (tertiary/aromatic N) is 2. The van der Waals surface area contributed by atoms with Crippen LogP contribution in [0.25, 0.3) is 0 Å². The predicted octanol–water partition coefficient (Wildman–Crippen LogP) is 3.77. The van der Waals surface area contributed by atoms with Crippen LogP contribution in [0.2, 0.25) is 5.02 Å². The molecule has 2 aromatic rings. The fourth-order valence-corrected chi connectivity index (χ4v) is 4.72. The lowest BCUT2D eigenvalue weighted by Gasteiger charge is -2.39. The largest absolute Gasteiger partial charge is 0.492 e. The maximum Gasteiger partial charge on any atom is 0.317 e. The number of amides is 2. The Morgan fingerprint density at radius 1 is 1.09 bits per heavy atom. The van der Waals surface area contributed by atoms with Gasteiger partial charge >= 0.3 is 6.03 Å². The lowest BCUT2D eigenvalue weighted by Crippen LogP contribution is -2.51. The van der Waals surface area contributed by atoms with Crippen LogP contribution in [-0.2, 0) is 6.54 Å². The van der Waals surface area contributed by atoms with Crippen LogP contribution < -0.4 is 14.8 Å². The van der Waals surface area contributed by atoms with E-state index in [0.29, 0.717) is 26.2 Å². The summed E-state index contributed by atoms with van der Waals surface area (Å²) in [6.45, 7) is 8.92. The van der Waals surface area contributed by atoms with E-state index in [1.165, 1.54) is 5.56 Å². The summed E-state index contributed by atoms with van der Waals surface area (Å²) >= 11 is 6.25. The van der Waals surface area contributed by atoms with Crippen LogP contribution in [0.5, 0.6) is 11.5 Å². The number of aliphatic hydroxyl groups is 1. The predicted molar refractivity (Wildman–Crippen MR) is 133 cm³/mol. The molecule has 1 unspecified atom stereocenters. The van der Waals surface area contributed by atoms with E-state index in [1.807, 2.05) is 38.1 Å². The van der Waals surface area contributed by atoms with E-state index in [1.54, 1.807) is 4.90 Å². The summed E-state index contributed by atoms with van der Waals surface area (Å²) in [7, 11) is 0. The van der Waals surface area contributed by atoms with Crippen LogP contribution in [-0.4, -0.2) is 72.5 Å². The second kappa shape index (κ2) is 10.8. The number of piperidine rings is 1. The number of hydrogen-bond acceptors (Lipinski definition) is 5. The normalized spacial score (nSPS) is 20.9. The van der Waals surface area contributed by atoms with Gasteiger partial charge < -0.3 is 24.8 Å². The van der Waals surface area contributed by atoms with Gasteiger partial charge in [-0.1, -0.05) is 23.7 Å². The van der Waals surface area contributed by atoms with Gasteiger partial charge in [-0.2, -0.15) is 0 Å². The van der Waals surface area contributed by atoms with Gasteiger partial charge in [0, 0.05) is 31.2 Å². The molecular formula is C26H34ClN3O4. The molecule has 2 aliphatic rings. The van der Waals surface area contributed by atoms with Crippen molar-refractivity contribution < 1.29 is 19.4 Å².